The Labute approximate surface area is 228 Å². The molecule has 12 heteroatoms. The van der Waals surface area contributed by atoms with Crippen LogP contribution in [0.4, 0.5) is 17.1 Å². The molecule has 9 nitrogen and oxygen atoms in total. The summed E-state index contributed by atoms with van der Waals surface area (Å²) in [5, 5.41) is 23.3. The van der Waals surface area contributed by atoms with E-state index < -0.39 is 26.7 Å². The molecule has 38 heavy (non-hydrogen) atoms. The molecule has 4 aromatic carbocycles. The number of ether oxygens (including phenoxy) is 1. The van der Waals surface area contributed by atoms with Crippen molar-refractivity contribution in [1.82, 2.24) is 0 Å². The first-order chi connectivity index (χ1) is 18.0. The predicted octanol–water partition coefficient (Wildman–Crippen LogP) is 7.47. The number of amides is 1. The quantitative estimate of drug-likeness (QED) is 0.155. The Morgan fingerprint density at radius 2 is 1.76 bits per heavy atom. The molecule has 0 aliphatic rings. The maximum absolute atomic E-state index is 13.3. The number of phenols is 1. The minimum absolute atomic E-state index is 0.00631. The number of carbonyl (C=O) groups is 1. The molecule has 1 amide bonds. The summed E-state index contributed by atoms with van der Waals surface area (Å²) in [6.07, 6.45) is 0. The van der Waals surface area contributed by atoms with Crippen molar-refractivity contribution in [3.05, 3.63) is 81.8 Å². The number of nitrogens with zero attached hydrogens (tertiary/aromatic N) is 2. The molecule has 0 radical (unpaired) electrons. The Balaban J connectivity index is 1.80. The molecule has 0 fully saturated rings. The maximum atomic E-state index is 13.3. The molecule has 4 rings (SSSR count). The van der Waals surface area contributed by atoms with E-state index in [1.165, 1.54) is 12.1 Å². The van der Waals surface area contributed by atoms with Crippen LogP contribution in [-0.4, -0.2) is 30.6 Å². The van der Waals surface area contributed by atoms with Crippen molar-refractivity contribution in [3.8, 4) is 11.5 Å². The third-order valence-electron chi connectivity index (χ3n) is 5.54. The molecule has 0 saturated carbocycles. The smallest absolute Gasteiger partial charge is 0.296 e. The number of halogens is 2. The second kappa shape index (κ2) is 11.0. The number of para-hydroxylation sites is 1. The average Bonchev–Trinajstić information content (AvgIpc) is 2.86. The van der Waals surface area contributed by atoms with Crippen molar-refractivity contribution in [1.29, 1.82) is 0 Å². The van der Waals surface area contributed by atoms with Gasteiger partial charge < -0.3 is 15.2 Å². The summed E-state index contributed by atoms with van der Waals surface area (Å²) >= 11 is 12.3. The molecule has 0 aliphatic carbocycles. The monoisotopic (exact) mass is 573 g/mol. The average molecular weight is 574 g/mol. The van der Waals surface area contributed by atoms with Gasteiger partial charge in [-0.2, -0.15) is 13.5 Å². The second-order valence-electron chi connectivity index (χ2n) is 8.09. The van der Waals surface area contributed by atoms with Crippen LogP contribution >= 0.6 is 23.2 Å². The van der Waals surface area contributed by atoms with E-state index in [0.29, 0.717) is 28.7 Å². The number of azo groups is 1. The Morgan fingerprint density at radius 1 is 1.03 bits per heavy atom. The number of carbonyl (C=O) groups excluding carboxylic acids is 1. The minimum Gasteiger partial charge on any atom is -0.505 e. The zero-order valence-corrected chi connectivity index (χ0v) is 22.4. The summed E-state index contributed by atoms with van der Waals surface area (Å²) in [7, 11) is -4.53. The molecular weight excluding hydrogens is 553 g/mol. The van der Waals surface area contributed by atoms with Gasteiger partial charge in [-0.1, -0.05) is 53.5 Å². The van der Waals surface area contributed by atoms with Crippen molar-refractivity contribution < 1.29 is 27.6 Å². The van der Waals surface area contributed by atoms with Crippen LogP contribution < -0.4 is 10.1 Å². The van der Waals surface area contributed by atoms with E-state index in [1.807, 2.05) is 0 Å². The lowest BCUT2D eigenvalue weighted by atomic mass is 10.0. The summed E-state index contributed by atoms with van der Waals surface area (Å²) in [5.41, 5.74) is 0.716. The van der Waals surface area contributed by atoms with Gasteiger partial charge in [0.2, 0.25) is 0 Å². The molecular formula is C26H21Cl2N3O6S. The second-order valence-corrected chi connectivity index (χ2v) is 10.3. The van der Waals surface area contributed by atoms with Gasteiger partial charge in [-0.05, 0) is 55.1 Å². The lowest BCUT2D eigenvalue weighted by Gasteiger charge is -2.15. The summed E-state index contributed by atoms with van der Waals surface area (Å²) in [6, 6.07) is 15.8. The molecule has 0 atom stereocenters. The van der Waals surface area contributed by atoms with E-state index in [2.05, 4.69) is 15.5 Å². The molecule has 0 spiro atoms. The molecule has 0 aliphatic heterocycles. The fourth-order valence-electron chi connectivity index (χ4n) is 3.73. The fraction of sp³-hybridized carbons (Fsp3) is 0.115. The highest BCUT2D eigenvalue weighted by Gasteiger charge is 2.21. The molecule has 0 unspecified atom stereocenters. The molecule has 0 bridgehead atoms. The normalized spacial score (nSPS) is 11.7. The van der Waals surface area contributed by atoms with Crippen molar-refractivity contribution in [3.63, 3.8) is 0 Å². The highest BCUT2D eigenvalue weighted by Crippen LogP contribution is 2.41. The van der Waals surface area contributed by atoms with E-state index in [4.69, 9.17) is 27.9 Å². The first-order valence-electron chi connectivity index (χ1n) is 11.2. The summed E-state index contributed by atoms with van der Waals surface area (Å²) in [4.78, 5) is 12.8. The van der Waals surface area contributed by atoms with Gasteiger partial charge in [-0.25, -0.2) is 0 Å². The van der Waals surface area contributed by atoms with Gasteiger partial charge in [0.25, 0.3) is 16.0 Å². The summed E-state index contributed by atoms with van der Waals surface area (Å²) < 4.78 is 38.0. The number of anilines is 1. The predicted molar refractivity (Wildman–Crippen MR) is 146 cm³/mol. The Morgan fingerprint density at radius 3 is 2.47 bits per heavy atom. The Bertz CT molecular complexity index is 1710. The Kier molecular flexibility index (Phi) is 7.89. The van der Waals surface area contributed by atoms with Crippen LogP contribution in [0, 0.1) is 6.92 Å². The van der Waals surface area contributed by atoms with Crippen molar-refractivity contribution in [2.45, 2.75) is 18.7 Å². The van der Waals surface area contributed by atoms with Crippen LogP contribution in [0.3, 0.4) is 0 Å². The zero-order valence-electron chi connectivity index (χ0n) is 20.1. The van der Waals surface area contributed by atoms with Crippen molar-refractivity contribution >= 4 is 67.1 Å². The van der Waals surface area contributed by atoms with Crippen LogP contribution in [0.1, 0.15) is 22.8 Å². The number of fused-ring (bicyclic) bond motifs is 1. The molecule has 0 aromatic heterocycles. The highest BCUT2D eigenvalue weighted by atomic mass is 35.5. The number of aryl methyl sites for hydroxylation is 1. The summed E-state index contributed by atoms with van der Waals surface area (Å²) in [5.74, 6) is -0.724. The standard InChI is InChI=1S/C26H21Cl2N3O6S/c1-3-37-21-10-6-9-18(27)24(21)29-26(33)17-12-15-7-4-5-8-16(15)23(25(17)32)31-30-20-13-19(28)22(11-14(20)2)38(34,35)36/h4-13,32H,3H2,1-2H3,(H,29,33)(H,34,35,36). The van der Waals surface area contributed by atoms with E-state index in [9.17, 15) is 22.9 Å². The Hall–Kier alpha value is -3.70. The largest absolute Gasteiger partial charge is 0.505 e. The van der Waals surface area contributed by atoms with Gasteiger partial charge in [-0.3, -0.25) is 9.35 Å². The van der Waals surface area contributed by atoms with Gasteiger partial charge in [-0.15, -0.1) is 5.11 Å². The van der Waals surface area contributed by atoms with E-state index in [0.717, 1.165) is 6.07 Å². The number of rotatable bonds is 7. The van der Waals surface area contributed by atoms with Crippen LogP contribution in [0.25, 0.3) is 10.8 Å². The van der Waals surface area contributed by atoms with E-state index >= 15 is 0 Å². The third kappa shape index (κ3) is 5.58. The first-order valence-corrected chi connectivity index (χ1v) is 13.4. The van der Waals surface area contributed by atoms with Crippen LogP contribution in [0.15, 0.2) is 75.8 Å². The third-order valence-corrected chi connectivity index (χ3v) is 7.17. The number of phenolic OH excluding ortho intramolecular Hbond substituents is 1. The van der Waals surface area contributed by atoms with Gasteiger partial charge in [0.1, 0.15) is 22.0 Å². The highest BCUT2D eigenvalue weighted by molar-refractivity contribution is 7.86. The topological polar surface area (TPSA) is 138 Å². The van der Waals surface area contributed by atoms with E-state index in [1.54, 1.807) is 56.3 Å². The number of nitrogens with one attached hydrogen (secondary N) is 1. The number of benzene rings is 4. The lowest BCUT2D eigenvalue weighted by Crippen LogP contribution is -2.14. The van der Waals surface area contributed by atoms with Crippen LogP contribution in [-0.2, 0) is 10.1 Å². The van der Waals surface area contributed by atoms with Crippen molar-refractivity contribution in [2.24, 2.45) is 10.2 Å². The summed E-state index contributed by atoms with van der Waals surface area (Å²) in [6.45, 7) is 3.70. The lowest BCUT2D eigenvalue weighted by molar-refractivity contribution is 0.102. The molecule has 0 heterocycles. The van der Waals surface area contributed by atoms with Crippen LogP contribution in [0.2, 0.25) is 10.0 Å². The fourth-order valence-corrected chi connectivity index (χ4v) is 5.02. The number of hydrogen-bond donors (Lipinski definition) is 3. The molecule has 4 aromatic rings. The van der Waals surface area contributed by atoms with Gasteiger partial charge in [0, 0.05) is 5.39 Å². The number of hydrogen-bond acceptors (Lipinski definition) is 7. The molecule has 3 N–H and O–H groups in total. The van der Waals surface area contributed by atoms with Crippen LogP contribution in [0.5, 0.6) is 11.5 Å². The van der Waals surface area contributed by atoms with Gasteiger partial charge >= 0.3 is 0 Å². The minimum atomic E-state index is -4.53. The maximum Gasteiger partial charge on any atom is 0.296 e. The van der Waals surface area contributed by atoms with Gasteiger partial charge in [0.15, 0.2) is 5.75 Å². The molecule has 196 valence electrons. The molecule has 0 saturated heterocycles. The van der Waals surface area contributed by atoms with Crippen molar-refractivity contribution in [2.75, 3.05) is 11.9 Å². The van der Waals surface area contributed by atoms with E-state index in [-0.39, 0.29) is 32.7 Å². The van der Waals surface area contributed by atoms with Gasteiger partial charge in [0.05, 0.1) is 27.9 Å². The first kappa shape index (κ1) is 27.3. The SMILES string of the molecule is CCOc1cccc(Cl)c1NC(=O)c1cc2ccccc2c(N=Nc2cc(Cl)c(S(=O)(=O)O)cc2C)c1O. The zero-order chi connectivity index (χ0) is 27.6. The number of aromatic hydroxyl groups is 1.